The number of hydrogen-bond acceptors (Lipinski definition) is 4. The van der Waals surface area contributed by atoms with Crippen LogP contribution in [-0.2, 0) is 6.42 Å². The number of nitrogens with zero attached hydrogens (tertiary/aromatic N) is 1. The zero-order valence-electron chi connectivity index (χ0n) is 10.6. The first-order valence-electron chi connectivity index (χ1n) is 6.19. The predicted octanol–water partition coefficient (Wildman–Crippen LogP) is 1.61. The average molecular weight is 315 g/mol. The second kappa shape index (κ2) is 6.41. The van der Waals surface area contributed by atoms with E-state index in [0.717, 1.165) is 49.2 Å². The molecule has 1 saturated heterocycles. The molecule has 1 fully saturated rings. The highest BCUT2D eigenvalue weighted by Crippen LogP contribution is 2.33. The molecule has 0 amide bonds. The minimum absolute atomic E-state index is 0.260. The summed E-state index contributed by atoms with van der Waals surface area (Å²) >= 11 is 3.44. The fourth-order valence-corrected chi connectivity index (χ4v) is 2.67. The molecule has 1 heterocycles. The van der Waals surface area contributed by atoms with E-state index in [4.69, 9.17) is 4.74 Å². The van der Waals surface area contributed by atoms with E-state index in [1.807, 2.05) is 6.07 Å². The van der Waals surface area contributed by atoms with Crippen molar-refractivity contribution in [3.63, 3.8) is 0 Å². The summed E-state index contributed by atoms with van der Waals surface area (Å²) < 4.78 is 6.09. The van der Waals surface area contributed by atoms with Gasteiger partial charge in [-0.3, -0.25) is 0 Å². The summed E-state index contributed by atoms with van der Waals surface area (Å²) in [5, 5.41) is 13.4. The second-order valence-corrected chi connectivity index (χ2v) is 5.37. The second-order valence-electron chi connectivity index (χ2n) is 4.46. The van der Waals surface area contributed by atoms with Crippen LogP contribution >= 0.6 is 15.9 Å². The molecule has 1 aliphatic rings. The van der Waals surface area contributed by atoms with Crippen LogP contribution in [0.15, 0.2) is 16.6 Å². The number of phenolic OH excluding ortho intramolecular Hbond substituents is 1. The Balaban J connectivity index is 2.01. The van der Waals surface area contributed by atoms with E-state index >= 15 is 0 Å². The van der Waals surface area contributed by atoms with Crippen molar-refractivity contribution in [1.29, 1.82) is 0 Å². The molecule has 2 rings (SSSR count). The number of ether oxygens (including phenoxy) is 1. The van der Waals surface area contributed by atoms with Gasteiger partial charge in [0, 0.05) is 42.8 Å². The standard InChI is InChI=1S/C13H19BrN2O2/c1-18-12-9-11(14)8-10(13(12)17)2-5-16-6-3-15-4-7-16/h8-9,15,17H,2-7H2,1H3. The summed E-state index contributed by atoms with van der Waals surface area (Å²) in [5.41, 5.74) is 0.930. The van der Waals surface area contributed by atoms with Crippen molar-refractivity contribution in [1.82, 2.24) is 10.2 Å². The summed E-state index contributed by atoms with van der Waals surface area (Å²) in [5.74, 6) is 0.788. The Kier molecular flexibility index (Phi) is 4.86. The molecule has 0 atom stereocenters. The molecule has 0 bridgehead atoms. The van der Waals surface area contributed by atoms with Gasteiger partial charge in [0.05, 0.1) is 7.11 Å². The Hall–Kier alpha value is -0.780. The first-order valence-corrected chi connectivity index (χ1v) is 6.98. The number of benzene rings is 1. The van der Waals surface area contributed by atoms with Gasteiger partial charge in [-0.15, -0.1) is 0 Å². The summed E-state index contributed by atoms with van der Waals surface area (Å²) in [7, 11) is 1.57. The van der Waals surface area contributed by atoms with Gasteiger partial charge in [0.15, 0.2) is 11.5 Å². The van der Waals surface area contributed by atoms with Gasteiger partial charge in [-0.2, -0.15) is 0 Å². The zero-order chi connectivity index (χ0) is 13.0. The van der Waals surface area contributed by atoms with Crippen molar-refractivity contribution < 1.29 is 9.84 Å². The molecule has 0 unspecified atom stereocenters. The highest BCUT2D eigenvalue weighted by molar-refractivity contribution is 9.10. The van der Waals surface area contributed by atoms with Crippen molar-refractivity contribution in [2.45, 2.75) is 6.42 Å². The van der Waals surface area contributed by atoms with Gasteiger partial charge in [0.2, 0.25) is 0 Å². The molecule has 0 aliphatic carbocycles. The van der Waals surface area contributed by atoms with Crippen LogP contribution in [0.4, 0.5) is 0 Å². The number of nitrogens with one attached hydrogen (secondary N) is 1. The van der Waals surface area contributed by atoms with Crippen LogP contribution in [0.2, 0.25) is 0 Å². The maximum absolute atomic E-state index is 10.1. The first-order chi connectivity index (χ1) is 8.70. The van der Waals surface area contributed by atoms with Crippen LogP contribution in [-0.4, -0.2) is 49.8 Å². The van der Waals surface area contributed by atoms with Gasteiger partial charge in [-0.1, -0.05) is 15.9 Å². The van der Waals surface area contributed by atoms with Crippen LogP contribution in [0.3, 0.4) is 0 Å². The van der Waals surface area contributed by atoms with E-state index in [2.05, 4.69) is 26.1 Å². The lowest BCUT2D eigenvalue weighted by Crippen LogP contribution is -2.44. The average Bonchev–Trinajstić information content (AvgIpc) is 2.40. The number of methoxy groups -OCH3 is 1. The Bertz CT molecular complexity index is 406. The van der Waals surface area contributed by atoms with Gasteiger partial charge < -0.3 is 20.1 Å². The topological polar surface area (TPSA) is 44.7 Å². The SMILES string of the molecule is COc1cc(Br)cc(CCN2CCNCC2)c1O. The number of halogens is 1. The molecule has 0 spiro atoms. The Morgan fingerprint density at radius 2 is 2.11 bits per heavy atom. The fourth-order valence-electron chi connectivity index (χ4n) is 2.19. The monoisotopic (exact) mass is 314 g/mol. The Morgan fingerprint density at radius 3 is 2.78 bits per heavy atom. The van der Waals surface area contributed by atoms with Gasteiger partial charge >= 0.3 is 0 Å². The number of hydrogen-bond donors (Lipinski definition) is 2. The Morgan fingerprint density at radius 1 is 1.39 bits per heavy atom. The van der Waals surface area contributed by atoms with E-state index in [1.165, 1.54) is 0 Å². The number of phenols is 1. The van der Waals surface area contributed by atoms with Crippen LogP contribution in [0, 0.1) is 0 Å². The van der Waals surface area contributed by atoms with Gasteiger partial charge in [-0.05, 0) is 18.6 Å². The molecule has 5 heteroatoms. The van der Waals surface area contributed by atoms with E-state index < -0.39 is 0 Å². The van der Waals surface area contributed by atoms with Crippen LogP contribution < -0.4 is 10.1 Å². The summed E-state index contributed by atoms with van der Waals surface area (Å²) in [6, 6.07) is 3.74. The lowest BCUT2D eigenvalue weighted by atomic mass is 10.1. The molecular formula is C13H19BrN2O2. The highest BCUT2D eigenvalue weighted by Gasteiger charge is 2.13. The molecule has 4 nitrogen and oxygen atoms in total. The van der Waals surface area contributed by atoms with E-state index in [0.29, 0.717) is 5.75 Å². The molecule has 2 N–H and O–H groups in total. The molecular weight excluding hydrogens is 296 g/mol. The lowest BCUT2D eigenvalue weighted by molar-refractivity contribution is 0.243. The smallest absolute Gasteiger partial charge is 0.161 e. The molecule has 0 saturated carbocycles. The zero-order valence-corrected chi connectivity index (χ0v) is 12.2. The van der Waals surface area contributed by atoms with Crippen LogP contribution in [0.25, 0.3) is 0 Å². The maximum Gasteiger partial charge on any atom is 0.161 e. The summed E-state index contributed by atoms with van der Waals surface area (Å²) in [6.45, 7) is 5.22. The third-order valence-electron chi connectivity index (χ3n) is 3.25. The van der Waals surface area contributed by atoms with E-state index in [-0.39, 0.29) is 5.75 Å². The molecule has 1 aliphatic heterocycles. The molecule has 0 radical (unpaired) electrons. The largest absolute Gasteiger partial charge is 0.504 e. The number of aromatic hydroxyl groups is 1. The third kappa shape index (κ3) is 3.37. The van der Waals surface area contributed by atoms with Crippen molar-refractivity contribution in [3.05, 3.63) is 22.2 Å². The molecule has 1 aromatic carbocycles. The number of rotatable bonds is 4. The van der Waals surface area contributed by atoms with Gasteiger partial charge in [0.1, 0.15) is 0 Å². The third-order valence-corrected chi connectivity index (χ3v) is 3.70. The van der Waals surface area contributed by atoms with Crippen LogP contribution in [0.1, 0.15) is 5.56 Å². The van der Waals surface area contributed by atoms with Gasteiger partial charge in [0.25, 0.3) is 0 Å². The van der Waals surface area contributed by atoms with Gasteiger partial charge in [-0.25, -0.2) is 0 Å². The fraction of sp³-hybridized carbons (Fsp3) is 0.538. The summed E-state index contributed by atoms with van der Waals surface area (Å²) in [4.78, 5) is 2.41. The highest BCUT2D eigenvalue weighted by atomic mass is 79.9. The van der Waals surface area contributed by atoms with Crippen LogP contribution in [0.5, 0.6) is 11.5 Å². The lowest BCUT2D eigenvalue weighted by Gasteiger charge is -2.27. The normalized spacial score (nSPS) is 16.8. The molecule has 0 aromatic heterocycles. The maximum atomic E-state index is 10.1. The predicted molar refractivity (Wildman–Crippen MR) is 75.4 cm³/mol. The van der Waals surface area contributed by atoms with E-state index in [9.17, 15) is 5.11 Å². The van der Waals surface area contributed by atoms with Crippen molar-refractivity contribution >= 4 is 15.9 Å². The Labute approximate surface area is 116 Å². The minimum Gasteiger partial charge on any atom is -0.504 e. The quantitative estimate of drug-likeness (QED) is 0.886. The molecule has 100 valence electrons. The summed E-state index contributed by atoms with van der Waals surface area (Å²) in [6.07, 6.45) is 0.835. The molecule has 1 aromatic rings. The van der Waals surface area contributed by atoms with Crippen molar-refractivity contribution in [2.75, 3.05) is 39.8 Å². The van der Waals surface area contributed by atoms with E-state index in [1.54, 1.807) is 13.2 Å². The van der Waals surface area contributed by atoms with Crippen molar-refractivity contribution in [2.24, 2.45) is 0 Å². The first kappa shape index (κ1) is 13.6. The molecule has 18 heavy (non-hydrogen) atoms. The number of piperazine rings is 1. The van der Waals surface area contributed by atoms with Crippen molar-refractivity contribution in [3.8, 4) is 11.5 Å². The minimum atomic E-state index is 0.260.